The molecular formula is C16H22F3NO3. The molecule has 0 aromatic heterocycles. The molecule has 2 N–H and O–H groups in total. The molecular weight excluding hydrogens is 311 g/mol. The maximum absolute atomic E-state index is 12.7. The summed E-state index contributed by atoms with van der Waals surface area (Å²) in [6, 6.07) is 6.33. The molecule has 7 heteroatoms. The highest BCUT2D eigenvalue weighted by Gasteiger charge is 2.47. The molecule has 0 amide bonds. The van der Waals surface area contributed by atoms with Crippen LogP contribution in [0.3, 0.4) is 0 Å². The lowest BCUT2D eigenvalue weighted by molar-refractivity contribution is -0.220. The minimum absolute atomic E-state index is 0.00378. The van der Waals surface area contributed by atoms with Crippen molar-refractivity contribution in [1.29, 1.82) is 0 Å². The topological polar surface area (TPSA) is 52.9 Å². The Morgan fingerprint density at radius 2 is 2.00 bits per heavy atom. The molecule has 3 atom stereocenters. The van der Waals surface area contributed by atoms with Gasteiger partial charge in [0, 0.05) is 12.6 Å². The smallest absolute Gasteiger partial charge is 0.415 e. The van der Waals surface area contributed by atoms with E-state index in [4.69, 9.17) is 4.74 Å². The second-order valence-corrected chi connectivity index (χ2v) is 5.92. The summed E-state index contributed by atoms with van der Waals surface area (Å²) >= 11 is 0. The van der Waals surface area contributed by atoms with Crippen molar-refractivity contribution in [2.24, 2.45) is 0 Å². The van der Waals surface area contributed by atoms with Gasteiger partial charge in [0.2, 0.25) is 0 Å². The van der Waals surface area contributed by atoms with Crippen LogP contribution in [0, 0.1) is 6.92 Å². The van der Waals surface area contributed by atoms with E-state index in [2.05, 4.69) is 0 Å². The van der Waals surface area contributed by atoms with Gasteiger partial charge in [0.1, 0.15) is 18.5 Å². The first-order valence-corrected chi connectivity index (χ1v) is 7.64. The largest absolute Gasteiger partial charge is 0.491 e. The molecule has 1 aromatic rings. The second kappa shape index (κ2) is 7.51. The van der Waals surface area contributed by atoms with Gasteiger partial charge in [-0.2, -0.15) is 13.2 Å². The summed E-state index contributed by atoms with van der Waals surface area (Å²) in [5.74, 6) is 0.639. The molecule has 1 fully saturated rings. The molecule has 1 aromatic carbocycles. The van der Waals surface area contributed by atoms with Gasteiger partial charge in [-0.05, 0) is 37.9 Å². The molecule has 1 aliphatic rings. The van der Waals surface area contributed by atoms with Crippen LogP contribution in [0.5, 0.6) is 5.75 Å². The molecule has 0 bridgehead atoms. The maximum Gasteiger partial charge on any atom is 0.415 e. The van der Waals surface area contributed by atoms with Crippen LogP contribution in [0.1, 0.15) is 18.4 Å². The zero-order valence-electron chi connectivity index (χ0n) is 13.0. The number of aryl methyl sites for hydroxylation is 1. The van der Waals surface area contributed by atoms with E-state index < -0.39 is 24.4 Å². The van der Waals surface area contributed by atoms with Crippen molar-refractivity contribution < 1.29 is 28.1 Å². The Labute approximate surface area is 133 Å². The summed E-state index contributed by atoms with van der Waals surface area (Å²) in [7, 11) is 0. The van der Waals surface area contributed by atoms with Crippen molar-refractivity contribution in [2.75, 3.05) is 19.7 Å². The lowest BCUT2D eigenvalue weighted by Crippen LogP contribution is -2.49. The van der Waals surface area contributed by atoms with Crippen molar-refractivity contribution in [3.8, 4) is 5.75 Å². The van der Waals surface area contributed by atoms with Crippen molar-refractivity contribution in [2.45, 2.75) is 44.2 Å². The number of hydrogen-bond donors (Lipinski definition) is 2. The van der Waals surface area contributed by atoms with Gasteiger partial charge in [-0.1, -0.05) is 18.2 Å². The van der Waals surface area contributed by atoms with Crippen LogP contribution in [0.2, 0.25) is 0 Å². The first-order chi connectivity index (χ1) is 10.8. The van der Waals surface area contributed by atoms with Gasteiger partial charge in [0.15, 0.2) is 6.10 Å². The Morgan fingerprint density at radius 3 is 2.65 bits per heavy atom. The number of ether oxygens (including phenoxy) is 1. The minimum Gasteiger partial charge on any atom is -0.491 e. The van der Waals surface area contributed by atoms with E-state index in [0.717, 1.165) is 5.56 Å². The molecule has 0 radical (unpaired) electrons. The predicted molar refractivity (Wildman–Crippen MR) is 79.3 cm³/mol. The van der Waals surface area contributed by atoms with Crippen LogP contribution in [0.4, 0.5) is 13.2 Å². The van der Waals surface area contributed by atoms with Crippen LogP contribution in [0.25, 0.3) is 0 Å². The third kappa shape index (κ3) is 4.83. The highest BCUT2D eigenvalue weighted by atomic mass is 19.4. The second-order valence-electron chi connectivity index (χ2n) is 5.92. The predicted octanol–water partition coefficient (Wildman–Crippen LogP) is 2.12. The number of hydrogen-bond acceptors (Lipinski definition) is 4. The number of aliphatic hydroxyl groups is 2. The number of para-hydroxylation sites is 1. The maximum atomic E-state index is 12.7. The van der Waals surface area contributed by atoms with Crippen LogP contribution in [-0.4, -0.2) is 59.2 Å². The van der Waals surface area contributed by atoms with Crippen molar-refractivity contribution in [3.05, 3.63) is 29.8 Å². The number of rotatable bonds is 6. The zero-order chi connectivity index (χ0) is 17.0. The van der Waals surface area contributed by atoms with E-state index in [1.54, 1.807) is 6.07 Å². The SMILES string of the molecule is Cc1ccccc1OC[C@H](O)CN1CCC[C@H]1[C@@H](O)C(F)(F)F. The Balaban J connectivity index is 1.87. The third-order valence-electron chi connectivity index (χ3n) is 4.08. The number of nitrogens with zero attached hydrogens (tertiary/aromatic N) is 1. The van der Waals surface area contributed by atoms with Crippen molar-refractivity contribution in [1.82, 2.24) is 4.90 Å². The zero-order valence-corrected chi connectivity index (χ0v) is 13.0. The third-order valence-corrected chi connectivity index (χ3v) is 4.08. The molecule has 0 unspecified atom stereocenters. The van der Waals surface area contributed by atoms with Gasteiger partial charge in [-0.15, -0.1) is 0 Å². The molecule has 0 aliphatic carbocycles. The molecule has 0 spiro atoms. The summed E-state index contributed by atoms with van der Waals surface area (Å²) < 4.78 is 43.5. The Hall–Kier alpha value is -1.31. The monoisotopic (exact) mass is 333 g/mol. The van der Waals surface area contributed by atoms with Crippen LogP contribution in [-0.2, 0) is 0 Å². The van der Waals surface area contributed by atoms with E-state index in [1.165, 1.54) is 4.90 Å². The molecule has 0 saturated carbocycles. The van der Waals surface area contributed by atoms with E-state index in [-0.39, 0.29) is 19.6 Å². The van der Waals surface area contributed by atoms with Gasteiger partial charge < -0.3 is 14.9 Å². The summed E-state index contributed by atoms with van der Waals surface area (Å²) in [4.78, 5) is 1.49. The lowest BCUT2D eigenvalue weighted by Gasteiger charge is -2.31. The van der Waals surface area contributed by atoms with Gasteiger partial charge in [-0.25, -0.2) is 0 Å². The minimum atomic E-state index is -4.64. The fraction of sp³-hybridized carbons (Fsp3) is 0.625. The van der Waals surface area contributed by atoms with Gasteiger partial charge in [-0.3, -0.25) is 4.90 Å². The lowest BCUT2D eigenvalue weighted by atomic mass is 10.1. The highest BCUT2D eigenvalue weighted by Crippen LogP contribution is 2.30. The molecule has 1 heterocycles. The molecule has 23 heavy (non-hydrogen) atoms. The van der Waals surface area contributed by atoms with Crippen molar-refractivity contribution >= 4 is 0 Å². The summed E-state index contributed by atoms with van der Waals surface area (Å²) in [5.41, 5.74) is 0.922. The standard InChI is InChI=1S/C16H22F3NO3/c1-11-5-2-3-7-14(11)23-10-12(21)9-20-8-4-6-13(20)15(22)16(17,18)19/h2-3,5,7,12-13,15,21-22H,4,6,8-10H2,1H3/t12-,13+,15-/m1/s1. The Bertz CT molecular complexity index is 510. The number of alkyl halides is 3. The first-order valence-electron chi connectivity index (χ1n) is 7.64. The quantitative estimate of drug-likeness (QED) is 0.837. The van der Waals surface area contributed by atoms with Gasteiger partial charge in [0.25, 0.3) is 0 Å². The Morgan fingerprint density at radius 1 is 1.30 bits per heavy atom. The first kappa shape index (κ1) is 18.0. The summed E-state index contributed by atoms with van der Waals surface area (Å²) in [5, 5.41) is 19.5. The van der Waals surface area contributed by atoms with Gasteiger partial charge in [0.05, 0.1) is 0 Å². The fourth-order valence-electron chi connectivity index (χ4n) is 2.88. The van der Waals surface area contributed by atoms with Crippen LogP contribution < -0.4 is 4.74 Å². The van der Waals surface area contributed by atoms with Crippen LogP contribution >= 0.6 is 0 Å². The van der Waals surface area contributed by atoms with E-state index in [9.17, 15) is 23.4 Å². The number of benzene rings is 1. The van der Waals surface area contributed by atoms with Gasteiger partial charge >= 0.3 is 6.18 Å². The fourth-order valence-corrected chi connectivity index (χ4v) is 2.88. The number of likely N-dealkylation sites (tertiary alicyclic amines) is 1. The van der Waals surface area contributed by atoms with E-state index >= 15 is 0 Å². The summed E-state index contributed by atoms with van der Waals surface area (Å²) in [6.07, 6.45) is -7.10. The molecule has 130 valence electrons. The Kier molecular flexibility index (Phi) is 5.89. The highest BCUT2D eigenvalue weighted by molar-refractivity contribution is 5.31. The molecule has 2 rings (SSSR count). The van der Waals surface area contributed by atoms with Crippen LogP contribution in [0.15, 0.2) is 24.3 Å². The number of β-amino-alcohol motifs (C(OH)–C–C–N with tert-alkyl or cyclic N) is 1. The summed E-state index contributed by atoms with van der Waals surface area (Å²) in [6.45, 7) is 2.34. The molecule has 1 aliphatic heterocycles. The number of aliphatic hydroxyl groups excluding tert-OH is 2. The normalized spacial score (nSPS) is 22.1. The number of halogens is 3. The van der Waals surface area contributed by atoms with Crippen molar-refractivity contribution in [3.63, 3.8) is 0 Å². The molecule has 1 saturated heterocycles. The molecule has 4 nitrogen and oxygen atoms in total. The van der Waals surface area contributed by atoms with E-state index in [0.29, 0.717) is 18.7 Å². The average Bonchev–Trinajstić information content (AvgIpc) is 2.92. The van der Waals surface area contributed by atoms with E-state index in [1.807, 2.05) is 25.1 Å². The average molecular weight is 333 g/mol.